The molecule has 2 aliphatic carbocycles. The highest BCUT2D eigenvalue weighted by Gasteiger charge is 2.26. The van der Waals surface area contributed by atoms with E-state index in [1.54, 1.807) is 0 Å². The van der Waals surface area contributed by atoms with Crippen LogP contribution in [0.1, 0.15) is 103 Å². The minimum Gasteiger partial charge on any atom is -0.314 e. The summed E-state index contributed by atoms with van der Waals surface area (Å²) in [6, 6.07) is 0.854. The summed E-state index contributed by atoms with van der Waals surface area (Å²) in [6.07, 6.45) is 22.1. The Kier molecular flexibility index (Phi) is 8.78. The normalized spacial score (nSPS) is 27.3. The summed E-state index contributed by atoms with van der Waals surface area (Å²) >= 11 is 0. The summed E-state index contributed by atoms with van der Waals surface area (Å²) in [5.41, 5.74) is 0. The molecule has 1 N–H and O–H groups in total. The van der Waals surface area contributed by atoms with E-state index in [4.69, 9.17) is 0 Å². The number of unbranched alkanes of at least 4 members (excludes halogenated alkanes) is 4. The lowest BCUT2D eigenvalue weighted by Gasteiger charge is -2.25. The van der Waals surface area contributed by atoms with Gasteiger partial charge in [-0.25, -0.2) is 0 Å². The molecule has 1 heteroatoms. The molecule has 0 saturated heterocycles. The first-order valence-electron chi connectivity index (χ1n) is 10.1. The SMILES string of the molecule is CCCCCCC[C@H]1CCC[C@H]1CCNC1CCCCC1. The lowest BCUT2D eigenvalue weighted by molar-refractivity contribution is 0.308. The summed E-state index contributed by atoms with van der Waals surface area (Å²) in [4.78, 5) is 0. The second-order valence-electron chi connectivity index (χ2n) is 7.73. The van der Waals surface area contributed by atoms with Crippen molar-refractivity contribution < 1.29 is 0 Å². The molecule has 2 rings (SSSR count). The van der Waals surface area contributed by atoms with Crippen molar-refractivity contribution in [1.82, 2.24) is 5.32 Å². The standard InChI is InChI=1S/C20H39N/c1-2-3-4-5-7-11-18-12-10-13-19(18)16-17-21-20-14-8-6-9-15-20/h18-21H,2-17H2,1H3/t18-,19-/m0/s1. The zero-order chi connectivity index (χ0) is 14.8. The van der Waals surface area contributed by atoms with E-state index in [0.717, 1.165) is 17.9 Å². The fourth-order valence-electron chi connectivity index (χ4n) is 4.66. The van der Waals surface area contributed by atoms with Crippen LogP contribution in [0.2, 0.25) is 0 Å². The molecule has 0 aromatic rings. The monoisotopic (exact) mass is 293 g/mol. The maximum Gasteiger partial charge on any atom is 0.00670 e. The van der Waals surface area contributed by atoms with Crippen LogP contribution in [0.15, 0.2) is 0 Å². The fourth-order valence-corrected chi connectivity index (χ4v) is 4.66. The molecule has 0 heterocycles. The molecule has 2 aliphatic rings. The molecular formula is C20H39N. The Morgan fingerprint density at radius 1 is 0.714 bits per heavy atom. The molecule has 0 unspecified atom stereocenters. The van der Waals surface area contributed by atoms with Crippen molar-refractivity contribution in [2.24, 2.45) is 11.8 Å². The van der Waals surface area contributed by atoms with Gasteiger partial charge >= 0.3 is 0 Å². The van der Waals surface area contributed by atoms with E-state index in [0.29, 0.717) is 0 Å². The molecule has 2 saturated carbocycles. The Labute approximate surface area is 133 Å². The van der Waals surface area contributed by atoms with Gasteiger partial charge in [0.1, 0.15) is 0 Å². The van der Waals surface area contributed by atoms with Crippen molar-refractivity contribution in [2.75, 3.05) is 6.54 Å². The van der Waals surface area contributed by atoms with Crippen LogP contribution in [0.25, 0.3) is 0 Å². The molecule has 0 radical (unpaired) electrons. The van der Waals surface area contributed by atoms with Gasteiger partial charge in [0.05, 0.1) is 0 Å². The van der Waals surface area contributed by atoms with Crippen LogP contribution in [0.3, 0.4) is 0 Å². The lowest BCUT2D eigenvalue weighted by atomic mass is 9.88. The first kappa shape index (κ1) is 17.3. The molecule has 0 amide bonds. The fraction of sp³-hybridized carbons (Fsp3) is 1.00. The van der Waals surface area contributed by atoms with E-state index in [2.05, 4.69) is 12.2 Å². The Morgan fingerprint density at radius 3 is 2.19 bits per heavy atom. The molecule has 124 valence electrons. The number of hydrogen-bond acceptors (Lipinski definition) is 1. The second-order valence-corrected chi connectivity index (χ2v) is 7.73. The van der Waals surface area contributed by atoms with Gasteiger partial charge in [0.25, 0.3) is 0 Å². The lowest BCUT2D eigenvalue weighted by Crippen LogP contribution is -2.32. The van der Waals surface area contributed by atoms with Crippen LogP contribution in [-0.4, -0.2) is 12.6 Å². The van der Waals surface area contributed by atoms with Gasteiger partial charge in [0, 0.05) is 6.04 Å². The Bertz CT molecular complexity index is 244. The third-order valence-corrected chi connectivity index (χ3v) is 6.05. The Balaban J connectivity index is 1.53. The molecule has 21 heavy (non-hydrogen) atoms. The molecule has 2 fully saturated rings. The number of nitrogens with one attached hydrogen (secondary N) is 1. The molecule has 0 spiro atoms. The van der Waals surface area contributed by atoms with Gasteiger partial charge in [-0.2, -0.15) is 0 Å². The molecule has 0 aliphatic heterocycles. The highest BCUT2D eigenvalue weighted by Crippen LogP contribution is 2.37. The summed E-state index contributed by atoms with van der Waals surface area (Å²) in [7, 11) is 0. The Hall–Kier alpha value is -0.0400. The van der Waals surface area contributed by atoms with Gasteiger partial charge in [0.2, 0.25) is 0 Å². The molecule has 1 nitrogen and oxygen atoms in total. The third-order valence-electron chi connectivity index (χ3n) is 6.05. The minimum absolute atomic E-state index is 0.854. The molecule has 0 bridgehead atoms. The largest absolute Gasteiger partial charge is 0.314 e. The molecule has 0 aromatic carbocycles. The maximum atomic E-state index is 3.85. The average molecular weight is 294 g/mol. The van der Waals surface area contributed by atoms with Crippen LogP contribution in [0.5, 0.6) is 0 Å². The van der Waals surface area contributed by atoms with Crippen LogP contribution >= 0.6 is 0 Å². The van der Waals surface area contributed by atoms with Gasteiger partial charge in [0.15, 0.2) is 0 Å². The topological polar surface area (TPSA) is 12.0 Å². The Morgan fingerprint density at radius 2 is 1.43 bits per heavy atom. The number of hydrogen-bond donors (Lipinski definition) is 1. The first-order valence-corrected chi connectivity index (χ1v) is 10.1. The van der Waals surface area contributed by atoms with Crippen LogP contribution < -0.4 is 5.32 Å². The molecule has 0 aromatic heterocycles. The summed E-state index contributed by atoms with van der Waals surface area (Å²) in [5, 5.41) is 3.85. The van der Waals surface area contributed by atoms with E-state index < -0.39 is 0 Å². The van der Waals surface area contributed by atoms with E-state index in [1.807, 2.05) is 0 Å². The average Bonchev–Trinajstić information content (AvgIpc) is 2.96. The summed E-state index contributed by atoms with van der Waals surface area (Å²) in [5.74, 6) is 2.12. The zero-order valence-electron chi connectivity index (χ0n) is 14.5. The summed E-state index contributed by atoms with van der Waals surface area (Å²) < 4.78 is 0. The highest BCUT2D eigenvalue weighted by molar-refractivity contribution is 4.79. The van der Waals surface area contributed by atoms with Crippen LogP contribution in [-0.2, 0) is 0 Å². The van der Waals surface area contributed by atoms with E-state index in [1.165, 1.54) is 103 Å². The van der Waals surface area contributed by atoms with Gasteiger partial charge < -0.3 is 5.32 Å². The van der Waals surface area contributed by atoms with E-state index >= 15 is 0 Å². The third kappa shape index (κ3) is 6.72. The van der Waals surface area contributed by atoms with Crippen molar-refractivity contribution >= 4 is 0 Å². The maximum absolute atomic E-state index is 3.85. The molecular weight excluding hydrogens is 254 g/mol. The quantitative estimate of drug-likeness (QED) is 0.482. The van der Waals surface area contributed by atoms with E-state index in [-0.39, 0.29) is 0 Å². The second kappa shape index (κ2) is 10.6. The van der Waals surface area contributed by atoms with E-state index in [9.17, 15) is 0 Å². The van der Waals surface area contributed by atoms with Gasteiger partial charge in [-0.3, -0.25) is 0 Å². The van der Waals surface area contributed by atoms with Crippen molar-refractivity contribution in [3.8, 4) is 0 Å². The van der Waals surface area contributed by atoms with Crippen molar-refractivity contribution in [3.05, 3.63) is 0 Å². The van der Waals surface area contributed by atoms with Crippen molar-refractivity contribution in [1.29, 1.82) is 0 Å². The van der Waals surface area contributed by atoms with Crippen molar-refractivity contribution in [2.45, 2.75) is 109 Å². The van der Waals surface area contributed by atoms with Crippen molar-refractivity contribution in [3.63, 3.8) is 0 Å². The van der Waals surface area contributed by atoms with Crippen LogP contribution in [0.4, 0.5) is 0 Å². The zero-order valence-corrected chi connectivity index (χ0v) is 14.5. The smallest absolute Gasteiger partial charge is 0.00670 e. The first-order chi connectivity index (χ1) is 10.4. The molecule has 2 atom stereocenters. The van der Waals surface area contributed by atoms with Gasteiger partial charge in [-0.1, -0.05) is 84.0 Å². The predicted octanol–water partition coefficient (Wildman–Crippen LogP) is 6.08. The number of rotatable bonds is 10. The predicted molar refractivity (Wildman–Crippen MR) is 93.7 cm³/mol. The van der Waals surface area contributed by atoms with Gasteiger partial charge in [-0.15, -0.1) is 0 Å². The highest BCUT2D eigenvalue weighted by atomic mass is 14.9. The summed E-state index contributed by atoms with van der Waals surface area (Å²) in [6.45, 7) is 3.61. The minimum atomic E-state index is 0.854. The van der Waals surface area contributed by atoms with Crippen LogP contribution in [0, 0.1) is 11.8 Å². The van der Waals surface area contributed by atoms with Gasteiger partial charge in [-0.05, 0) is 37.6 Å².